The summed E-state index contributed by atoms with van der Waals surface area (Å²) in [6.07, 6.45) is 0.389. The molecule has 1 N–H and O–H groups in total. The molecule has 1 saturated heterocycles. The molecule has 0 unspecified atom stereocenters. The number of esters is 1. The van der Waals surface area contributed by atoms with Gasteiger partial charge < -0.3 is 4.74 Å². The van der Waals surface area contributed by atoms with Crippen molar-refractivity contribution in [3.05, 3.63) is 35.4 Å². The summed E-state index contributed by atoms with van der Waals surface area (Å²) in [7, 11) is 0. The topological polar surface area (TPSA) is 38.3 Å². The largest absolute Gasteiger partial charge is 0.456 e. The van der Waals surface area contributed by atoms with Crippen LogP contribution in [0.15, 0.2) is 24.3 Å². The Morgan fingerprint density at radius 1 is 1.28 bits per heavy atom. The van der Waals surface area contributed by atoms with Crippen LogP contribution in [-0.4, -0.2) is 12.0 Å². The van der Waals surface area contributed by atoms with Crippen molar-refractivity contribution in [3.8, 4) is 0 Å². The highest BCUT2D eigenvalue weighted by Gasteiger charge is 2.34. The van der Waals surface area contributed by atoms with E-state index in [9.17, 15) is 4.79 Å². The van der Waals surface area contributed by atoms with Crippen LogP contribution in [-0.2, 0) is 14.9 Å². The van der Waals surface area contributed by atoms with Gasteiger partial charge in [0, 0.05) is 6.42 Å². The molecule has 1 aliphatic rings. The molecule has 4 heteroatoms. The van der Waals surface area contributed by atoms with Gasteiger partial charge in [-0.05, 0) is 28.3 Å². The SMILES string of the molecule is CC(C)(C)c1ccc([C@@H]2C[C@H](NCl)C(=O)O2)cc1. The smallest absolute Gasteiger partial charge is 0.325 e. The average Bonchev–Trinajstić information content (AvgIpc) is 2.69. The third-order valence-corrected chi connectivity index (χ3v) is 3.54. The van der Waals surface area contributed by atoms with E-state index in [0.717, 1.165) is 5.56 Å². The third-order valence-electron chi connectivity index (χ3n) is 3.27. The number of nitrogens with one attached hydrogen (secondary N) is 1. The van der Waals surface area contributed by atoms with Crippen LogP contribution in [0.2, 0.25) is 0 Å². The van der Waals surface area contributed by atoms with Gasteiger partial charge in [-0.1, -0.05) is 45.0 Å². The van der Waals surface area contributed by atoms with Crippen LogP contribution in [0.25, 0.3) is 0 Å². The van der Waals surface area contributed by atoms with Crippen LogP contribution in [0.4, 0.5) is 0 Å². The maximum Gasteiger partial charge on any atom is 0.325 e. The number of carbonyl (C=O) groups is 1. The van der Waals surface area contributed by atoms with Crippen LogP contribution in [0.5, 0.6) is 0 Å². The van der Waals surface area contributed by atoms with Crippen molar-refractivity contribution in [3.63, 3.8) is 0 Å². The maximum atomic E-state index is 11.4. The Hall–Kier alpha value is -1.06. The second-order valence-electron chi connectivity index (χ2n) is 5.69. The maximum absolute atomic E-state index is 11.4. The molecule has 0 amide bonds. The molecule has 1 fully saturated rings. The van der Waals surface area contributed by atoms with Crippen molar-refractivity contribution >= 4 is 17.7 Å². The van der Waals surface area contributed by atoms with Crippen LogP contribution < -0.4 is 4.84 Å². The van der Waals surface area contributed by atoms with Crippen molar-refractivity contribution in [2.45, 2.75) is 44.8 Å². The van der Waals surface area contributed by atoms with E-state index in [1.54, 1.807) is 0 Å². The van der Waals surface area contributed by atoms with E-state index < -0.39 is 6.04 Å². The second kappa shape index (κ2) is 4.90. The number of hydrogen-bond donors (Lipinski definition) is 1. The molecule has 1 aliphatic heterocycles. The summed E-state index contributed by atoms with van der Waals surface area (Å²) in [5.74, 6) is -0.283. The van der Waals surface area contributed by atoms with Gasteiger partial charge in [0.2, 0.25) is 0 Å². The summed E-state index contributed by atoms with van der Waals surface area (Å²) >= 11 is 5.49. The lowest BCUT2D eigenvalue weighted by atomic mass is 9.86. The molecule has 1 heterocycles. The van der Waals surface area contributed by atoms with E-state index in [-0.39, 0.29) is 17.5 Å². The van der Waals surface area contributed by atoms with Crippen LogP contribution >= 0.6 is 11.8 Å². The average molecular weight is 268 g/mol. The molecule has 0 aromatic heterocycles. The second-order valence-corrected chi connectivity index (χ2v) is 5.91. The van der Waals surface area contributed by atoms with Gasteiger partial charge in [-0.3, -0.25) is 4.79 Å². The summed E-state index contributed by atoms with van der Waals surface area (Å²) in [4.78, 5) is 13.9. The zero-order chi connectivity index (χ0) is 13.3. The molecule has 1 aromatic rings. The van der Waals surface area contributed by atoms with Gasteiger partial charge >= 0.3 is 5.97 Å². The van der Waals surface area contributed by atoms with E-state index >= 15 is 0 Å². The fourth-order valence-corrected chi connectivity index (χ4v) is 2.25. The number of cyclic esters (lactones) is 1. The van der Waals surface area contributed by atoms with Crippen molar-refractivity contribution in [2.75, 3.05) is 0 Å². The summed E-state index contributed by atoms with van der Waals surface area (Å²) in [6, 6.07) is 7.82. The number of carbonyl (C=O) groups excluding carboxylic acids is 1. The monoisotopic (exact) mass is 267 g/mol. The predicted octanol–water partition coefficient (Wildman–Crippen LogP) is 3.08. The molecule has 0 aliphatic carbocycles. The van der Waals surface area contributed by atoms with Gasteiger partial charge in [-0.2, -0.15) is 0 Å². The molecule has 0 bridgehead atoms. The van der Waals surface area contributed by atoms with Crippen molar-refractivity contribution in [2.24, 2.45) is 0 Å². The zero-order valence-electron chi connectivity index (χ0n) is 10.9. The number of benzene rings is 1. The van der Waals surface area contributed by atoms with E-state index in [1.165, 1.54) is 5.56 Å². The summed E-state index contributed by atoms with van der Waals surface area (Å²) in [5.41, 5.74) is 2.42. The minimum Gasteiger partial charge on any atom is -0.456 e. The Morgan fingerprint density at radius 3 is 2.33 bits per heavy atom. The van der Waals surface area contributed by atoms with Crippen LogP contribution in [0.3, 0.4) is 0 Å². The highest BCUT2D eigenvalue weighted by atomic mass is 35.5. The van der Waals surface area contributed by atoms with Crippen molar-refractivity contribution in [1.82, 2.24) is 4.84 Å². The van der Waals surface area contributed by atoms with Gasteiger partial charge in [0.05, 0.1) is 0 Å². The van der Waals surface area contributed by atoms with E-state index in [1.807, 2.05) is 12.1 Å². The number of ether oxygens (including phenoxy) is 1. The molecule has 2 atom stereocenters. The zero-order valence-corrected chi connectivity index (χ0v) is 11.6. The number of rotatable bonds is 2. The summed E-state index contributed by atoms with van der Waals surface area (Å²) in [6.45, 7) is 6.52. The van der Waals surface area contributed by atoms with Crippen molar-refractivity contribution in [1.29, 1.82) is 0 Å². The first-order valence-corrected chi connectivity index (χ1v) is 6.46. The number of halogens is 1. The van der Waals surface area contributed by atoms with Gasteiger partial charge in [-0.15, -0.1) is 0 Å². The molecule has 3 nitrogen and oxygen atoms in total. The highest BCUT2D eigenvalue weighted by molar-refractivity contribution is 6.15. The van der Waals surface area contributed by atoms with E-state index in [4.69, 9.17) is 16.5 Å². The fraction of sp³-hybridized carbons (Fsp3) is 0.500. The third kappa shape index (κ3) is 2.68. The van der Waals surface area contributed by atoms with Crippen molar-refractivity contribution < 1.29 is 9.53 Å². The molecule has 18 heavy (non-hydrogen) atoms. The Balaban J connectivity index is 2.14. The molecule has 2 rings (SSSR count). The lowest BCUT2D eigenvalue weighted by Gasteiger charge is -2.19. The molecular weight excluding hydrogens is 250 g/mol. The van der Waals surface area contributed by atoms with Gasteiger partial charge in [0.15, 0.2) is 0 Å². The first kappa shape index (κ1) is 13.4. The quantitative estimate of drug-likeness (QED) is 0.661. The predicted molar refractivity (Wildman–Crippen MR) is 71.4 cm³/mol. The lowest BCUT2D eigenvalue weighted by molar-refractivity contribution is -0.142. The van der Waals surface area contributed by atoms with Gasteiger partial charge in [0.1, 0.15) is 12.1 Å². The van der Waals surface area contributed by atoms with E-state index in [2.05, 4.69) is 37.7 Å². The Labute approximate surface area is 113 Å². The first-order valence-electron chi connectivity index (χ1n) is 6.09. The molecule has 98 valence electrons. The molecule has 1 aromatic carbocycles. The highest BCUT2D eigenvalue weighted by Crippen LogP contribution is 2.31. The molecule has 0 radical (unpaired) electrons. The van der Waals surface area contributed by atoms with E-state index in [0.29, 0.717) is 6.42 Å². The summed E-state index contributed by atoms with van der Waals surface area (Å²) in [5, 5.41) is 0. The molecule has 0 spiro atoms. The molecule has 0 saturated carbocycles. The summed E-state index contributed by atoms with van der Waals surface area (Å²) < 4.78 is 5.29. The first-order chi connectivity index (χ1) is 8.41. The van der Waals surface area contributed by atoms with Gasteiger partial charge in [0.25, 0.3) is 0 Å². The van der Waals surface area contributed by atoms with Crippen LogP contribution in [0.1, 0.15) is 44.4 Å². The standard InChI is InChI=1S/C14H18ClNO2/c1-14(2,3)10-6-4-9(5-7-10)12-8-11(16-15)13(17)18-12/h4-7,11-12,16H,8H2,1-3H3/t11-,12-/m0/s1. The van der Waals surface area contributed by atoms with Crippen LogP contribution in [0, 0.1) is 0 Å². The fourth-order valence-electron chi connectivity index (χ4n) is 2.07. The minimum atomic E-state index is -0.404. The lowest BCUT2D eigenvalue weighted by Crippen LogP contribution is -2.25. The normalized spacial score (nSPS) is 24.1. The Kier molecular flexibility index (Phi) is 3.64. The minimum absolute atomic E-state index is 0.130. The Morgan fingerprint density at radius 2 is 1.89 bits per heavy atom. The Bertz CT molecular complexity index is 436. The number of hydrogen-bond acceptors (Lipinski definition) is 3. The van der Waals surface area contributed by atoms with Gasteiger partial charge in [-0.25, -0.2) is 4.84 Å². The molecular formula is C14H18ClNO2.